The monoisotopic (exact) mass is 481 g/mol. The highest BCUT2D eigenvalue weighted by Crippen LogP contribution is 2.24. The van der Waals surface area contributed by atoms with Crippen molar-refractivity contribution in [2.24, 2.45) is 5.92 Å². The Balaban J connectivity index is 1.36. The van der Waals surface area contributed by atoms with E-state index in [4.69, 9.17) is 4.74 Å². The maximum Gasteiger partial charge on any atom is 0.319 e. The van der Waals surface area contributed by atoms with Crippen molar-refractivity contribution < 1.29 is 23.5 Å². The van der Waals surface area contributed by atoms with Crippen molar-refractivity contribution in [3.05, 3.63) is 65.5 Å². The first-order valence-corrected chi connectivity index (χ1v) is 12.2. The van der Waals surface area contributed by atoms with Crippen LogP contribution in [0.4, 0.5) is 14.9 Å². The largest absolute Gasteiger partial charge is 0.366 e. The van der Waals surface area contributed by atoms with Crippen LogP contribution >= 0.6 is 0 Å². The number of benzene rings is 2. The number of hydrogen-bond acceptors (Lipinski definition) is 4. The number of carbonyl (C=O) groups excluding carboxylic acids is 3. The van der Waals surface area contributed by atoms with E-state index >= 15 is 0 Å². The Morgan fingerprint density at radius 3 is 2.66 bits per heavy atom. The second-order valence-corrected chi connectivity index (χ2v) is 9.40. The number of rotatable bonds is 6. The van der Waals surface area contributed by atoms with Gasteiger partial charge < -0.3 is 20.3 Å². The Bertz CT molecular complexity index is 1060. The third kappa shape index (κ3) is 6.66. The molecular formula is C27H32FN3O4. The van der Waals surface area contributed by atoms with Gasteiger partial charge in [0.1, 0.15) is 5.82 Å². The van der Waals surface area contributed by atoms with Crippen LogP contribution in [-0.2, 0) is 16.0 Å². The summed E-state index contributed by atoms with van der Waals surface area (Å²) >= 11 is 0. The third-order valence-electron chi connectivity index (χ3n) is 6.68. The lowest BCUT2D eigenvalue weighted by Crippen LogP contribution is -2.56. The Hall–Kier alpha value is -3.26. The molecule has 4 rings (SSSR count). The molecule has 186 valence electrons. The van der Waals surface area contributed by atoms with Gasteiger partial charge >= 0.3 is 6.03 Å². The predicted molar refractivity (Wildman–Crippen MR) is 131 cm³/mol. The Kier molecular flexibility index (Phi) is 8.13. The second-order valence-electron chi connectivity index (χ2n) is 9.40. The number of amides is 3. The van der Waals surface area contributed by atoms with E-state index in [0.29, 0.717) is 43.3 Å². The molecule has 0 bridgehead atoms. The number of nitrogens with zero attached hydrogens (tertiary/aromatic N) is 1. The first-order chi connectivity index (χ1) is 16.9. The summed E-state index contributed by atoms with van der Waals surface area (Å²) in [6.45, 7) is 3.23. The van der Waals surface area contributed by atoms with Crippen molar-refractivity contribution in [2.75, 3.05) is 25.0 Å². The molecule has 2 aromatic rings. The third-order valence-corrected chi connectivity index (χ3v) is 6.68. The zero-order valence-corrected chi connectivity index (χ0v) is 20.0. The molecular weight excluding hydrogens is 449 g/mol. The molecule has 0 spiro atoms. The molecule has 2 saturated heterocycles. The van der Waals surface area contributed by atoms with Crippen LogP contribution in [0.3, 0.4) is 0 Å². The fraction of sp³-hybridized carbons (Fsp3) is 0.444. The van der Waals surface area contributed by atoms with Crippen molar-refractivity contribution in [1.82, 2.24) is 10.2 Å². The molecule has 2 aliphatic rings. The number of ether oxygens (including phenoxy) is 1. The number of Topliss-reactive ketones (excluding diaryl/α,β-unsaturated/α-hetero) is 1. The molecule has 3 atom stereocenters. The van der Waals surface area contributed by atoms with Crippen molar-refractivity contribution in [2.45, 2.75) is 51.2 Å². The van der Waals surface area contributed by atoms with Gasteiger partial charge in [0, 0.05) is 30.9 Å². The highest BCUT2D eigenvalue weighted by Gasteiger charge is 2.37. The Labute approximate surface area is 205 Å². The molecule has 0 aliphatic carbocycles. The van der Waals surface area contributed by atoms with E-state index in [1.54, 1.807) is 36.4 Å². The molecule has 0 radical (unpaired) electrons. The van der Waals surface area contributed by atoms with E-state index in [1.165, 1.54) is 19.1 Å². The van der Waals surface area contributed by atoms with Crippen LogP contribution < -0.4 is 10.6 Å². The van der Waals surface area contributed by atoms with Crippen LogP contribution in [-0.4, -0.2) is 54.5 Å². The summed E-state index contributed by atoms with van der Waals surface area (Å²) in [5, 5.41) is 5.65. The van der Waals surface area contributed by atoms with Crippen molar-refractivity contribution in [1.29, 1.82) is 0 Å². The predicted octanol–water partition coefficient (Wildman–Crippen LogP) is 4.18. The standard InChI is InChI=1S/C27H32FN3O4/c1-18(32)21-6-2-7-23(16-21)29-27(34)30-24-8-4-14-35-25(24)26(33)31-13-3-5-20(17-31)15-19-9-11-22(28)12-10-19/h2,6-7,9-12,16,20,24-25H,3-5,8,13-15,17H2,1H3,(H2,29,30,34)/t20-,24+,25+/m0/s1. The van der Waals surface area contributed by atoms with E-state index in [0.717, 1.165) is 31.2 Å². The maximum absolute atomic E-state index is 13.4. The average molecular weight is 482 g/mol. The van der Waals surface area contributed by atoms with Gasteiger partial charge in [0.15, 0.2) is 11.9 Å². The normalized spacial score (nSPS) is 22.3. The molecule has 0 saturated carbocycles. The van der Waals surface area contributed by atoms with E-state index < -0.39 is 18.2 Å². The van der Waals surface area contributed by atoms with Crippen LogP contribution in [0, 0.1) is 11.7 Å². The van der Waals surface area contributed by atoms with Crippen molar-refractivity contribution in [3.63, 3.8) is 0 Å². The van der Waals surface area contributed by atoms with Gasteiger partial charge in [0.2, 0.25) is 0 Å². The minimum atomic E-state index is -0.734. The molecule has 35 heavy (non-hydrogen) atoms. The minimum absolute atomic E-state index is 0.0836. The summed E-state index contributed by atoms with van der Waals surface area (Å²) in [5.41, 5.74) is 2.08. The molecule has 0 aromatic heterocycles. The molecule has 0 unspecified atom stereocenters. The first kappa shape index (κ1) is 24.9. The number of halogens is 1. The van der Waals surface area contributed by atoms with Gasteiger partial charge in [-0.25, -0.2) is 9.18 Å². The smallest absolute Gasteiger partial charge is 0.319 e. The van der Waals surface area contributed by atoms with Gasteiger partial charge in [0.05, 0.1) is 6.04 Å². The summed E-state index contributed by atoms with van der Waals surface area (Å²) in [5.74, 6) is -0.139. The fourth-order valence-corrected chi connectivity index (χ4v) is 4.89. The average Bonchev–Trinajstić information content (AvgIpc) is 2.85. The topological polar surface area (TPSA) is 87.7 Å². The second kappa shape index (κ2) is 11.4. The molecule has 8 heteroatoms. The number of anilines is 1. The lowest BCUT2D eigenvalue weighted by molar-refractivity contribution is -0.150. The van der Waals surface area contributed by atoms with Crippen LogP contribution in [0.2, 0.25) is 0 Å². The van der Waals surface area contributed by atoms with E-state index in [9.17, 15) is 18.8 Å². The highest BCUT2D eigenvalue weighted by molar-refractivity contribution is 5.97. The lowest BCUT2D eigenvalue weighted by Gasteiger charge is -2.38. The van der Waals surface area contributed by atoms with Gasteiger partial charge in [-0.05, 0) is 74.8 Å². The van der Waals surface area contributed by atoms with E-state index in [1.807, 2.05) is 4.90 Å². The highest BCUT2D eigenvalue weighted by atomic mass is 19.1. The van der Waals surface area contributed by atoms with Crippen LogP contribution in [0.25, 0.3) is 0 Å². The number of ketones is 1. The fourth-order valence-electron chi connectivity index (χ4n) is 4.89. The van der Waals surface area contributed by atoms with E-state index in [-0.39, 0.29) is 17.5 Å². The number of hydrogen-bond donors (Lipinski definition) is 2. The number of likely N-dealkylation sites (tertiary alicyclic amines) is 1. The molecule has 2 heterocycles. The first-order valence-electron chi connectivity index (χ1n) is 12.2. The summed E-state index contributed by atoms with van der Waals surface area (Å²) in [6.07, 6.45) is 3.36. The zero-order chi connectivity index (χ0) is 24.8. The Morgan fingerprint density at radius 2 is 1.89 bits per heavy atom. The molecule has 2 aliphatic heterocycles. The van der Waals surface area contributed by atoms with Gasteiger partial charge in [-0.1, -0.05) is 24.3 Å². The Morgan fingerprint density at radius 1 is 1.09 bits per heavy atom. The SMILES string of the molecule is CC(=O)c1cccc(NC(=O)N[C@@H]2CCCO[C@H]2C(=O)N2CCC[C@@H](Cc3ccc(F)cc3)C2)c1. The lowest BCUT2D eigenvalue weighted by atomic mass is 9.90. The number of carbonyl (C=O) groups is 3. The van der Waals surface area contributed by atoms with Gasteiger partial charge in [-0.15, -0.1) is 0 Å². The van der Waals surface area contributed by atoms with Crippen molar-refractivity contribution in [3.8, 4) is 0 Å². The number of piperidine rings is 1. The molecule has 7 nitrogen and oxygen atoms in total. The van der Waals surface area contributed by atoms with Crippen LogP contribution in [0.1, 0.15) is 48.5 Å². The van der Waals surface area contributed by atoms with E-state index in [2.05, 4.69) is 10.6 Å². The van der Waals surface area contributed by atoms with Crippen molar-refractivity contribution >= 4 is 23.4 Å². The molecule has 2 N–H and O–H groups in total. The number of nitrogens with one attached hydrogen (secondary N) is 2. The van der Waals surface area contributed by atoms with Crippen LogP contribution in [0.5, 0.6) is 0 Å². The molecule has 3 amide bonds. The minimum Gasteiger partial charge on any atom is -0.366 e. The number of urea groups is 1. The summed E-state index contributed by atoms with van der Waals surface area (Å²) in [6, 6.07) is 12.4. The molecule has 2 aromatic carbocycles. The summed E-state index contributed by atoms with van der Waals surface area (Å²) in [7, 11) is 0. The van der Waals surface area contributed by atoms with Crippen LogP contribution in [0.15, 0.2) is 48.5 Å². The zero-order valence-electron chi connectivity index (χ0n) is 20.0. The molecule has 2 fully saturated rings. The van der Waals surface area contributed by atoms with Gasteiger partial charge in [0.25, 0.3) is 5.91 Å². The summed E-state index contributed by atoms with van der Waals surface area (Å²) in [4.78, 5) is 39.5. The maximum atomic E-state index is 13.4. The summed E-state index contributed by atoms with van der Waals surface area (Å²) < 4.78 is 19.1. The van der Waals surface area contributed by atoms with Gasteiger partial charge in [-0.2, -0.15) is 0 Å². The van der Waals surface area contributed by atoms with Gasteiger partial charge in [-0.3, -0.25) is 9.59 Å². The quantitative estimate of drug-likeness (QED) is 0.606.